The number of sulfone groups is 1. The van der Waals surface area contributed by atoms with E-state index in [1.54, 1.807) is 6.92 Å². The van der Waals surface area contributed by atoms with Crippen molar-refractivity contribution in [2.45, 2.75) is 32.2 Å². The van der Waals surface area contributed by atoms with Gasteiger partial charge in [-0.15, -0.1) is 0 Å². The summed E-state index contributed by atoms with van der Waals surface area (Å²) in [7, 11) is -3.39. The van der Waals surface area contributed by atoms with Gasteiger partial charge in [-0.25, -0.2) is 8.42 Å². The van der Waals surface area contributed by atoms with Crippen LogP contribution in [-0.2, 0) is 19.4 Å². The number of primary amides is 1. The summed E-state index contributed by atoms with van der Waals surface area (Å²) in [5.41, 5.74) is 3.72. The minimum Gasteiger partial charge on any atom is -0.480 e. The van der Waals surface area contributed by atoms with E-state index in [0.717, 1.165) is 0 Å². The van der Waals surface area contributed by atoms with Gasteiger partial charge in [0, 0.05) is 13.0 Å². The molecule has 0 saturated carbocycles. The number of nitrogens with two attached hydrogens (primary N) is 1. The van der Waals surface area contributed by atoms with E-state index in [0.29, 0.717) is 6.42 Å². The molecule has 0 rings (SSSR count). The number of carboxylic acids is 1. The number of hydrogen-bond acceptors (Lipinski definition) is 5. The number of nitrogens with one attached hydrogen (secondary N) is 1. The second kappa shape index (κ2) is 6.69. The predicted octanol–water partition coefficient (Wildman–Crippen LogP) is -0.880. The molecule has 7 nitrogen and oxygen atoms in total. The summed E-state index contributed by atoms with van der Waals surface area (Å²) in [5, 5.41) is 11.7. The number of carbonyl (C=O) groups is 2. The number of carboxylic acid groups (broad SMARTS) is 1. The number of hydrogen-bond donors (Lipinski definition) is 3. The summed E-state index contributed by atoms with van der Waals surface area (Å²) >= 11 is 0. The maximum Gasteiger partial charge on any atom is 0.323 e. The summed E-state index contributed by atoms with van der Waals surface area (Å²) in [6.45, 7) is 3.21. The Balaban J connectivity index is 4.25. The van der Waals surface area contributed by atoms with Gasteiger partial charge in [-0.1, -0.05) is 6.92 Å². The van der Waals surface area contributed by atoms with Crippen molar-refractivity contribution in [3.63, 3.8) is 0 Å². The van der Waals surface area contributed by atoms with E-state index >= 15 is 0 Å². The van der Waals surface area contributed by atoms with Crippen LogP contribution in [0.5, 0.6) is 0 Å². The first-order chi connectivity index (χ1) is 8.13. The molecule has 0 spiro atoms. The quantitative estimate of drug-likeness (QED) is 0.503. The fourth-order valence-corrected chi connectivity index (χ4v) is 2.32. The van der Waals surface area contributed by atoms with E-state index in [-0.39, 0.29) is 24.5 Å². The molecule has 0 saturated heterocycles. The topological polar surface area (TPSA) is 127 Å². The van der Waals surface area contributed by atoms with Gasteiger partial charge in [-0.2, -0.15) is 0 Å². The Morgan fingerprint density at radius 1 is 1.33 bits per heavy atom. The van der Waals surface area contributed by atoms with Crippen LogP contribution in [0, 0.1) is 0 Å². The monoisotopic (exact) mass is 280 g/mol. The Bertz CT molecular complexity index is 406. The molecule has 18 heavy (non-hydrogen) atoms. The normalized spacial score (nSPS) is 15.0. The van der Waals surface area contributed by atoms with Gasteiger partial charge in [0.05, 0.1) is 11.5 Å². The van der Waals surface area contributed by atoms with Crippen molar-refractivity contribution in [2.24, 2.45) is 5.73 Å². The lowest BCUT2D eigenvalue weighted by Crippen LogP contribution is -2.50. The zero-order valence-corrected chi connectivity index (χ0v) is 11.4. The summed E-state index contributed by atoms with van der Waals surface area (Å²) in [6.07, 6.45) is 0.121. The van der Waals surface area contributed by atoms with Crippen LogP contribution in [0.2, 0.25) is 0 Å². The van der Waals surface area contributed by atoms with Gasteiger partial charge < -0.3 is 16.2 Å². The molecule has 0 fully saturated rings. The molecule has 0 aliphatic heterocycles. The summed E-state index contributed by atoms with van der Waals surface area (Å²) < 4.78 is 23.0. The molecule has 106 valence electrons. The molecule has 8 heteroatoms. The zero-order chi connectivity index (χ0) is 14.4. The van der Waals surface area contributed by atoms with Crippen LogP contribution in [0.1, 0.15) is 26.7 Å². The summed E-state index contributed by atoms with van der Waals surface area (Å²) in [4.78, 5) is 21.4. The molecule has 0 aliphatic rings. The lowest BCUT2D eigenvalue weighted by molar-refractivity contribution is -0.144. The van der Waals surface area contributed by atoms with E-state index in [1.165, 1.54) is 6.92 Å². The fraction of sp³-hybridized carbons (Fsp3) is 0.800. The number of carbonyl (C=O) groups excluding carboxylic acids is 1. The Hall–Kier alpha value is -1.15. The smallest absolute Gasteiger partial charge is 0.323 e. The molecule has 4 N–H and O–H groups in total. The third kappa shape index (κ3) is 5.97. The van der Waals surface area contributed by atoms with Crippen LogP contribution in [-0.4, -0.2) is 49.0 Å². The Morgan fingerprint density at radius 2 is 1.89 bits per heavy atom. The van der Waals surface area contributed by atoms with E-state index in [1.807, 2.05) is 0 Å². The standard InChI is InChI=1S/C10H20N2O5S/c1-3-10(2,9(14)15)12-5-7-18(16,17)6-4-8(11)13/h12H,3-7H2,1-2H3,(H2,11,13)(H,14,15). The van der Waals surface area contributed by atoms with Crippen molar-refractivity contribution >= 4 is 21.7 Å². The van der Waals surface area contributed by atoms with Crippen LogP contribution in [0.3, 0.4) is 0 Å². The molecule has 0 aliphatic carbocycles. The van der Waals surface area contributed by atoms with Crippen molar-refractivity contribution in [3.05, 3.63) is 0 Å². The first-order valence-electron chi connectivity index (χ1n) is 5.60. The molecule has 1 atom stereocenters. The molecular formula is C10H20N2O5S. The third-order valence-electron chi connectivity index (χ3n) is 2.77. The lowest BCUT2D eigenvalue weighted by Gasteiger charge is -2.24. The second-order valence-electron chi connectivity index (χ2n) is 4.29. The molecule has 0 aromatic carbocycles. The van der Waals surface area contributed by atoms with E-state index in [4.69, 9.17) is 10.8 Å². The van der Waals surface area contributed by atoms with Gasteiger partial charge in [0.1, 0.15) is 5.54 Å². The first-order valence-corrected chi connectivity index (χ1v) is 7.42. The minimum atomic E-state index is -3.39. The average molecular weight is 280 g/mol. The number of rotatable bonds is 9. The molecule has 0 aromatic heterocycles. The molecule has 0 bridgehead atoms. The highest BCUT2D eigenvalue weighted by molar-refractivity contribution is 7.91. The van der Waals surface area contributed by atoms with E-state index < -0.39 is 27.3 Å². The van der Waals surface area contributed by atoms with Gasteiger partial charge in [-0.05, 0) is 13.3 Å². The summed E-state index contributed by atoms with van der Waals surface area (Å²) in [5.74, 6) is -2.22. The van der Waals surface area contributed by atoms with E-state index in [9.17, 15) is 18.0 Å². The highest BCUT2D eigenvalue weighted by Crippen LogP contribution is 2.08. The molecule has 0 aromatic rings. The van der Waals surface area contributed by atoms with Crippen molar-refractivity contribution in [2.75, 3.05) is 18.1 Å². The van der Waals surface area contributed by atoms with Gasteiger partial charge in [0.15, 0.2) is 9.84 Å². The van der Waals surface area contributed by atoms with Gasteiger partial charge in [0.25, 0.3) is 0 Å². The van der Waals surface area contributed by atoms with Crippen LogP contribution >= 0.6 is 0 Å². The largest absolute Gasteiger partial charge is 0.480 e. The Kier molecular flexibility index (Phi) is 6.27. The number of amides is 1. The SMILES string of the molecule is CCC(C)(NCCS(=O)(=O)CCC(N)=O)C(=O)O. The van der Waals surface area contributed by atoms with Crippen LogP contribution in [0.15, 0.2) is 0 Å². The minimum absolute atomic E-state index is 0.0255. The third-order valence-corrected chi connectivity index (χ3v) is 4.42. The highest BCUT2D eigenvalue weighted by atomic mass is 32.2. The first kappa shape index (κ1) is 16.9. The zero-order valence-electron chi connectivity index (χ0n) is 10.6. The van der Waals surface area contributed by atoms with Crippen molar-refractivity contribution < 1.29 is 23.1 Å². The van der Waals surface area contributed by atoms with Crippen molar-refractivity contribution in [1.29, 1.82) is 0 Å². The Morgan fingerprint density at radius 3 is 2.28 bits per heavy atom. The van der Waals surface area contributed by atoms with Gasteiger partial charge in [-0.3, -0.25) is 9.59 Å². The van der Waals surface area contributed by atoms with Crippen molar-refractivity contribution in [3.8, 4) is 0 Å². The molecule has 1 unspecified atom stereocenters. The second-order valence-corrected chi connectivity index (χ2v) is 6.59. The molecular weight excluding hydrogens is 260 g/mol. The Labute approximate surface area is 107 Å². The molecule has 1 amide bonds. The van der Waals surface area contributed by atoms with Gasteiger partial charge in [0.2, 0.25) is 5.91 Å². The maximum atomic E-state index is 11.5. The maximum absolute atomic E-state index is 11.5. The van der Waals surface area contributed by atoms with Crippen LogP contribution < -0.4 is 11.1 Å². The predicted molar refractivity (Wildman–Crippen MR) is 66.8 cm³/mol. The highest BCUT2D eigenvalue weighted by Gasteiger charge is 2.30. The summed E-state index contributed by atoms with van der Waals surface area (Å²) in [6, 6.07) is 0. The molecule has 0 radical (unpaired) electrons. The fourth-order valence-electron chi connectivity index (χ4n) is 1.19. The average Bonchev–Trinajstić information content (AvgIpc) is 2.25. The van der Waals surface area contributed by atoms with E-state index in [2.05, 4.69) is 5.32 Å². The lowest BCUT2D eigenvalue weighted by atomic mass is 9.99. The number of aliphatic carboxylic acids is 1. The van der Waals surface area contributed by atoms with Gasteiger partial charge >= 0.3 is 5.97 Å². The van der Waals surface area contributed by atoms with Crippen LogP contribution in [0.4, 0.5) is 0 Å². The molecule has 0 heterocycles. The van der Waals surface area contributed by atoms with Crippen molar-refractivity contribution in [1.82, 2.24) is 5.32 Å². The van der Waals surface area contributed by atoms with Crippen LogP contribution in [0.25, 0.3) is 0 Å².